The first-order chi connectivity index (χ1) is 10.6. The third-order valence-electron chi connectivity index (χ3n) is 3.98. The van der Waals surface area contributed by atoms with Crippen molar-refractivity contribution in [3.05, 3.63) is 29.8 Å². The largest absolute Gasteiger partial charge is 0.508 e. The molecule has 0 heterocycles. The zero-order valence-electron chi connectivity index (χ0n) is 12.9. The molecule has 3 unspecified atom stereocenters. The Morgan fingerprint density at radius 2 is 2.23 bits per heavy atom. The summed E-state index contributed by atoms with van der Waals surface area (Å²) in [6.07, 6.45) is 3.73. The number of hydrogen-bond donors (Lipinski definition) is 3. The Labute approximate surface area is 134 Å². The number of carbonyl (C=O) groups is 1. The van der Waals surface area contributed by atoms with E-state index in [2.05, 4.69) is 10.6 Å². The average molecular weight is 324 g/mol. The summed E-state index contributed by atoms with van der Waals surface area (Å²) in [5.41, 5.74) is 0.851. The number of benzene rings is 1. The highest BCUT2D eigenvalue weighted by molar-refractivity contribution is 7.85. The lowest BCUT2D eigenvalue weighted by molar-refractivity contribution is 0.232. The zero-order chi connectivity index (χ0) is 15.9. The summed E-state index contributed by atoms with van der Waals surface area (Å²) in [6, 6.07) is 6.70. The molecule has 22 heavy (non-hydrogen) atoms. The number of amides is 2. The smallest absolute Gasteiger partial charge is 0.315 e. The van der Waals surface area contributed by atoms with Crippen molar-refractivity contribution >= 4 is 16.8 Å². The van der Waals surface area contributed by atoms with E-state index in [0.29, 0.717) is 12.3 Å². The van der Waals surface area contributed by atoms with E-state index in [0.717, 1.165) is 31.2 Å². The van der Waals surface area contributed by atoms with Crippen molar-refractivity contribution in [2.75, 3.05) is 5.75 Å². The van der Waals surface area contributed by atoms with Gasteiger partial charge in [0.15, 0.2) is 0 Å². The topological polar surface area (TPSA) is 78.4 Å². The van der Waals surface area contributed by atoms with Crippen LogP contribution in [0.25, 0.3) is 0 Å². The van der Waals surface area contributed by atoms with Crippen molar-refractivity contribution in [1.29, 1.82) is 0 Å². The quantitative estimate of drug-likeness (QED) is 0.777. The van der Waals surface area contributed by atoms with Crippen LogP contribution in [0.1, 0.15) is 38.2 Å². The first-order valence-corrected chi connectivity index (χ1v) is 9.16. The fourth-order valence-corrected chi connectivity index (χ4v) is 4.18. The minimum atomic E-state index is -0.785. The summed E-state index contributed by atoms with van der Waals surface area (Å²) in [7, 11) is -0.785. The average Bonchev–Trinajstić information content (AvgIpc) is 2.52. The molecule has 2 rings (SSSR count). The maximum absolute atomic E-state index is 12.0. The van der Waals surface area contributed by atoms with Crippen molar-refractivity contribution in [2.24, 2.45) is 0 Å². The van der Waals surface area contributed by atoms with Crippen LogP contribution in [0, 0.1) is 0 Å². The molecule has 5 nitrogen and oxygen atoms in total. The van der Waals surface area contributed by atoms with Gasteiger partial charge in [0.1, 0.15) is 5.75 Å². The molecular formula is C16H24N2O3S. The van der Waals surface area contributed by atoms with Crippen molar-refractivity contribution in [3.63, 3.8) is 0 Å². The Bertz CT molecular complexity index is 536. The number of rotatable bonds is 5. The number of hydrogen-bond acceptors (Lipinski definition) is 3. The van der Waals surface area contributed by atoms with E-state index >= 15 is 0 Å². The summed E-state index contributed by atoms with van der Waals surface area (Å²) >= 11 is 0. The first kappa shape index (κ1) is 16.8. The van der Waals surface area contributed by atoms with Crippen LogP contribution in [-0.2, 0) is 17.3 Å². The highest BCUT2D eigenvalue weighted by Gasteiger charge is 2.26. The second-order valence-corrected chi connectivity index (χ2v) is 7.66. The molecule has 0 bridgehead atoms. The van der Waals surface area contributed by atoms with Gasteiger partial charge in [-0.3, -0.25) is 4.21 Å². The van der Waals surface area contributed by atoms with Crippen LogP contribution in [0.5, 0.6) is 5.75 Å². The van der Waals surface area contributed by atoms with Gasteiger partial charge in [-0.1, -0.05) is 25.5 Å². The molecule has 1 fully saturated rings. The van der Waals surface area contributed by atoms with Crippen LogP contribution in [0.15, 0.2) is 24.3 Å². The van der Waals surface area contributed by atoms with E-state index in [1.54, 1.807) is 18.2 Å². The second-order valence-electron chi connectivity index (χ2n) is 5.65. The molecule has 1 aromatic carbocycles. The van der Waals surface area contributed by atoms with E-state index in [9.17, 15) is 14.1 Å². The van der Waals surface area contributed by atoms with Crippen molar-refractivity contribution in [3.8, 4) is 5.75 Å². The van der Waals surface area contributed by atoms with Crippen molar-refractivity contribution in [2.45, 2.75) is 50.4 Å². The van der Waals surface area contributed by atoms with Crippen LogP contribution < -0.4 is 10.6 Å². The lowest BCUT2D eigenvalue weighted by Crippen LogP contribution is -2.45. The van der Waals surface area contributed by atoms with Crippen LogP contribution in [0.2, 0.25) is 0 Å². The molecule has 0 radical (unpaired) electrons. The Kier molecular flexibility index (Phi) is 6.24. The summed E-state index contributed by atoms with van der Waals surface area (Å²) in [4.78, 5) is 12.0. The highest BCUT2D eigenvalue weighted by Crippen LogP contribution is 2.23. The van der Waals surface area contributed by atoms with Crippen LogP contribution in [-0.4, -0.2) is 32.4 Å². The molecule has 1 aliphatic rings. The third kappa shape index (κ3) is 5.02. The van der Waals surface area contributed by atoms with E-state index in [1.807, 2.05) is 13.0 Å². The van der Waals surface area contributed by atoms with Gasteiger partial charge in [-0.25, -0.2) is 4.79 Å². The Hall–Kier alpha value is -1.56. The summed E-state index contributed by atoms with van der Waals surface area (Å²) in [6.45, 7) is 2.31. The summed E-state index contributed by atoms with van der Waals surface area (Å²) in [5, 5.41) is 15.4. The molecule has 3 atom stereocenters. The molecule has 0 saturated heterocycles. The number of aromatic hydroxyl groups is 1. The third-order valence-corrected chi connectivity index (χ3v) is 5.72. The predicted molar refractivity (Wildman–Crippen MR) is 88.2 cm³/mol. The van der Waals surface area contributed by atoms with Gasteiger partial charge in [0.2, 0.25) is 0 Å². The minimum absolute atomic E-state index is 0.0958. The summed E-state index contributed by atoms with van der Waals surface area (Å²) in [5.74, 6) is 0.873. The van der Waals surface area contributed by atoms with Gasteiger partial charge < -0.3 is 15.7 Å². The normalized spacial score (nSPS) is 22.8. The lowest BCUT2D eigenvalue weighted by atomic mass is 9.95. The first-order valence-electron chi connectivity index (χ1n) is 7.78. The highest BCUT2D eigenvalue weighted by atomic mass is 32.2. The van der Waals surface area contributed by atoms with Crippen LogP contribution >= 0.6 is 0 Å². The Morgan fingerprint density at radius 1 is 1.41 bits per heavy atom. The molecule has 1 aromatic rings. The van der Waals surface area contributed by atoms with Crippen LogP contribution in [0.3, 0.4) is 0 Å². The van der Waals surface area contributed by atoms with E-state index in [1.165, 1.54) is 0 Å². The molecule has 122 valence electrons. The van der Waals surface area contributed by atoms with Crippen molar-refractivity contribution < 1.29 is 14.1 Å². The monoisotopic (exact) mass is 324 g/mol. The molecule has 0 aliphatic heterocycles. The van der Waals surface area contributed by atoms with Crippen LogP contribution in [0.4, 0.5) is 4.79 Å². The molecule has 0 spiro atoms. The molecule has 6 heteroatoms. The maximum atomic E-state index is 12.0. The molecule has 0 aromatic heterocycles. The van der Waals surface area contributed by atoms with Gasteiger partial charge >= 0.3 is 6.03 Å². The second kappa shape index (κ2) is 8.17. The lowest BCUT2D eigenvalue weighted by Gasteiger charge is -2.29. The number of phenols is 1. The number of nitrogens with one attached hydrogen (secondary N) is 2. The molecule has 1 aliphatic carbocycles. The van der Waals surface area contributed by atoms with E-state index < -0.39 is 10.8 Å². The fraction of sp³-hybridized carbons (Fsp3) is 0.562. The number of carbonyl (C=O) groups excluding carboxylic acids is 1. The van der Waals surface area contributed by atoms with Gasteiger partial charge in [-0.05, 0) is 37.0 Å². The van der Waals surface area contributed by atoms with Gasteiger partial charge in [-0.2, -0.15) is 0 Å². The fourth-order valence-electron chi connectivity index (χ4n) is 2.84. The minimum Gasteiger partial charge on any atom is -0.508 e. The van der Waals surface area contributed by atoms with E-state index in [4.69, 9.17) is 0 Å². The predicted octanol–water partition coefficient (Wildman–Crippen LogP) is 2.27. The molecular weight excluding hydrogens is 300 g/mol. The van der Waals surface area contributed by atoms with Gasteiger partial charge in [0, 0.05) is 34.4 Å². The van der Waals surface area contributed by atoms with Gasteiger partial charge in [-0.15, -0.1) is 0 Å². The Balaban J connectivity index is 1.78. The molecule has 3 N–H and O–H groups in total. The van der Waals surface area contributed by atoms with Gasteiger partial charge in [0.25, 0.3) is 0 Å². The summed E-state index contributed by atoms with van der Waals surface area (Å²) < 4.78 is 11.9. The molecule has 2 amide bonds. The molecule has 1 saturated carbocycles. The number of phenolic OH excluding ortho intramolecular Hbond substituents is 1. The Morgan fingerprint density at radius 3 is 2.95 bits per heavy atom. The SMILES string of the molecule is CCS(=O)C1CCCC(NC(=O)NCc2cccc(O)c2)C1. The van der Waals surface area contributed by atoms with Gasteiger partial charge in [0.05, 0.1) is 0 Å². The zero-order valence-corrected chi connectivity index (χ0v) is 13.7. The van der Waals surface area contributed by atoms with E-state index in [-0.39, 0.29) is 23.1 Å². The van der Waals surface area contributed by atoms with Crippen molar-refractivity contribution in [1.82, 2.24) is 10.6 Å². The standard InChI is InChI=1S/C16H24N2O3S/c1-2-22(21)15-8-4-6-13(10-15)18-16(20)17-11-12-5-3-7-14(19)9-12/h3,5,7,9,13,15,19H,2,4,6,8,10-11H2,1H3,(H2,17,18,20). The number of urea groups is 1. The maximum Gasteiger partial charge on any atom is 0.315 e.